The van der Waals surface area contributed by atoms with Crippen LogP contribution < -0.4 is 0 Å². The number of hydrogen-bond donors (Lipinski definition) is 0. The van der Waals surface area contributed by atoms with E-state index in [1.807, 2.05) is 16.8 Å². The molecule has 1 aromatic heterocycles. The lowest BCUT2D eigenvalue weighted by Gasteiger charge is -2.16. The minimum absolute atomic E-state index is 0.385. The molecule has 1 aliphatic rings. The lowest BCUT2D eigenvalue weighted by atomic mass is 9.91. The second-order valence-corrected chi connectivity index (χ2v) is 4.91. The summed E-state index contributed by atoms with van der Waals surface area (Å²) in [5, 5.41) is 0. The van der Waals surface area contributed by atoms with E-state index in [0.29, 0.717) is 11.3 Å². The van der Waals surface area contributed by atoms with Gasteiger partial charge in [0.05, 0.1) is 11.2 Å². The van der Waals surface area contributed by atoms with Crippen LogP contribution in [0.4, 0.5) is 0 Å². The van der Waals surface area contributed by atoms with Gasteiger partial charge >= 0.3 is 0 Å². The predicted molar refractivity (Wildman–Crippen MR) is 48.2 cm³/mol. The fourth-order valence-corrected chi connectivity index (χ4v) is 3.12. The molecule has 1 aliphatic carbocycles. The summed E-state index contributed by atoms with van der Waals surface area (Å²) < 4.78 is 0. The van der Waals surface area contributed by atoms with E-state index >= 15 is 0 Å². The second-order valence-electron chi connectivity index (χ2n) is 4.06. The molecule has 0 fully saturated rings. The third-order valence-corrected chi connectivity index (χ3v) is 3.70. The summed E-state index contributed by atoms with van der Waals surface area (Å²) in [6, 6.07) is 0. The second kappa shape index (κ2) is 2.07. The van der Waals surface area contributed by atoms with E-state index < -0.39 is 0 Å². The Morgan fingerprint density at radius 2 is 2.36 bits per heavy atom. The van der Waals surface area contributed by atoms with Crippen molar-refractivity contribution in [2.45, 2.75) is 38.5 Å². The van der Waals surface area contributed by atoms with Crippen LogP contribution in [-0.4, -0.2) is 4.98 Å². The average molecular weight is 167 g/mol. The molecule has 0 bridgehead atoms. The van der Waals surface area contributed by atoms with Crippen molar-refractivity contribution >= 4 is 11.3 Å². The molecule has 0 spiro atoms. The Bertz CT molecular complexity index is 275. The summed E-state index contributed by atoms with van der Waals surface area (Å²) >= 11 is 1.81. The Morgan fingerprint density at radius 1 is 1.64 bits per heavy atom. The number of hydrogen-bond acceptors (Lipinski definition) is 2. The standard InChI is InChI=1S/C9H13NS/c1-6-4-9(2,3)8-7(6)10-5-11-8/h5-6H,4H2,1-3H3/t6-/m1/s1. The highest BCUT2D eigenvalue weighted by Gasteiger charge is 2.36. The molecule has 0 aliphatic heterocycles. The van der Waals surface area contributed by atoms with Gasteiger partial charge in [0.25, 0.3) is 0 Å². The van der Waals surface area contributed by atoms with Crippen LogP contribution in [0.15, 0.2) is 5.51 Å². The van der Waals surface area contributed by atoms with Crippen LogP contribution in [0.2, 0.25) is 0 Å². The van der Waals surface area contributed by atoms with Crippen molar-refractivity contribution in [3.05, 3.63) is 16.1 Å². The van der Waals surface area contributed by atoms with Crippen molar-refractivity contribution < 1.29 is 0 Å². The van der Waals surface area contributed by atoms with Crippen LogP contribution in [0.25, 0.3) is 0 Å². The molecule has 1 heterocycles. The van der Waals surface area contributed by atoms with E-state index in [0.717, 1.165) is 0 Å². The zero-order valence-electron chi connectivity index (χ0n) is 7.22. The van der Waals surface area contributed by atoms with E-state index in [2.05, 4.69) is 25.8 Å². The monoisotopic (exact) mass is 167 g/mol. The number of nitrogens with zero attached hydrogens (tertiary/aromatic N) is 1. The molecule has 0 radical (unpaired) electrons. The van der Waals surface area contributed by atoms with E-state index in [9.17, 15) is 0 Å². The highest BCUT2D eigenvalue weighted by molar-refractivity contribution is 7.10. The van der Waals surface area contributed by atoms with Gasteiger partial charge in [-0.1, -0.05) is 20.8 Å². The average Bonchev–Trinajstić information content (AvgIpc) is 2.37. The Hall–Kier alpha value is -0.370. The molecule has 0 saturated carbocycles. The Morgan fingerprint density at radius 3 is 3.00 bits per heavy atom. The van der Waals surface area contributed by atoms with Crippen LogP contribution in [-0.2, 0) is 5.41 Å². The third-order valence-electron chi connectivity index (χ3n) is 2.49. The molecule has 2 heteroatoms. The maximum absolute atomic E-state index is 4.39. The number of thiazole rings is 1. The van der Waals surface area contributed by atoms with Gasteiger partial charge in [-0.2, -0.15) is 0 Å². The normalized spacial score (nSPS) is 27.0. The Labute approximate surface area is 71.5 Å². The summed E-state index contributed by atoms with van der Waals surface area (Å²) in [6.07, 6.45) is 1.27. The molecular formula is C9H13NS. The molecule has 0 saturated heterocycles. The lowest BCUT2D eigenvalue weighted by molar-refractivity contribution is 0.493. The van der Waals surface area contributed by atoms with Crippen molar-refractivity contribution in [3.8, 4) is 0 Å². The highest BCUT2D eigenvalue weighted by Crippen LogP contribution is 2.46. The van der Waals surface area contributed by atoms with Gasteiger partial charge in [0.15, 0.2) is 0 Å². The van der Waals surface area contributed by atoms with Gasteiger partial charge in [0.2, 0.25) is 0 Å². The first-order valence-electron chi connectivity index (χ1n) is 4.05. The molecule has 0 amide bonds. The molecule has 0 N–H and O–H groups in total. The summed E-state index contributed by atoms with van der Waals surface area (Å²) in [5.41, 5.74) is 3.71. The minimum Gasteiger partial charge on any atom is -0.249 e. The van der Waals surface area contributed by atoms with Gasteiger partial charge in [0.1, 0.15) is 0 Å². The highest BCUT2D eigenvalue weighted by atomic mass is 32.1. The first-order valence-corrected chi connectivity index (χ1v) is 4.93. The van der Waals surface area contributed by atoms with Crippen molar-refractivity contribution in [1.29, 1.82) is 0 Å². The van der Waals surface area contributed by atoms with E-state index in [1.165, 1.54) is 17.0 Å². The number of fused-ring (bicyclic) bond motifs is 1. The maximum atomic E-state index is 4.39. The first-order chi connectivity index (χ1) is 5.11. The van der Waals surface area contributed by atoms with Crippen molar-refractivity contribution in [2.75, 3.05) is 0 Å². The largest absolute Gasteiger partial charge is 0.249 e. The summed E-state index contributed by atoms with van der Waals surface area (Å²) in [4.78, 5) is 5.90. The molecule has 60 valence electrons. The predicted octanol–water partition coefficient (Wildman–Crippen LogP) is 2.93. The molecular weight excluding hydrogens is 154 g/mol. The van der Waals surface area contributed by atoms with Crippen LogP contribution in [0.3, 0.4) is 0 Å². The zero-order valence-corrected chi connectivity index (χ0v) is 8.03. The quantitative estimate of drug-likeness (QED) is 0.579. The maximum Gasteiger partial charge on any atom is 0.0798 e. The Kier molecular flexibility index (Phi) is 1.37. The van der Waals surface area contributed by atoms with Crippen LogP contribution in [0.1, 0.15) is 43.7 Å². The topological polar surface area (TPSA) is 12.9 Å². The van der Waals surface area contributed by atoms with Crippen molar-refractivity contribution in [1.82, 2.24) is 4.98 Å². The van der Waals surface area contributed by atoms with E-state index in [4.69, 9.17) is 0 Å². The minimum atomic E-state index is 0.385. The van der Waals surface area contributed by atoms with Crippen LogP contribution >= 0.6 is 11.3 Å². The van der Waals surface area contributed by atoms with E-state index in [1.54, 1.807) is 0 Å². The lowest BCUT2D eigenvalue weighted by Crippen LogP contribution is -2.10. The summed E-state index contributed by atoms with van der Waals surface area (Å²) in [5.74, 6) is 0.672. The van der Waals surface area contributed by atoms with Crippen molar-refractivity contribution in [2.24, 2.45) is 0 Å². The Balaban J connectivity index is 2.54. The molecule has 2 rings (SSSR count). The molecule has 1 nitrogen and oxygen atoms in total. The van der Waals surface area contributed by atoms with Crippen LogP contribution in [0.5, 0.6) is 0 Å². The van der Waals surface area contributed by atoms with Gasteiger partial charge < -0.3 is 0 Å². The van der Waals surface area contributed by atoms with Gasteiger partial charge in [-0.15, -0.1) is 11.3 Å². The first kappa shape index (κ1) is 7.29. The fraction of sp³-hybridized carbons (Fsp3) is 0.667. The zero-order chi connectivity index (χ0) is 8.06. The molecule has 0 unspecified atom stereocenters. The molecule has 0 aromatic carbocycles. The SMILES string of the molecule is C[C@@H]1CC(C)(C)c2scnc21. The molecule has 11 heavy (non-hydrogen) atoms. The summed E-state index contributed by atoms with van der Waals surface area (Å²) in [7, 11) is 0. The fourth-order valence-electron chi connectivity index (χ4n) is 2.07. The summed E-state index contributed by atoms with van der Waals surface area (Å²) in [6.45, 7) is 6.90. The van der Waals surface area contributed by atoms with Gasteiger partial charge in [-0.25, -0.2) is 4.98 Å². The smallest absolute Gasteiger partial charge is 0.0798 e. The van der Waals surface area contributed by atoms with Gasteiger partial charge in [-0.05, 0) is 6.42 Å². The van der Waals surface area contributed by atoms with Crippen molar-refractivity contribution in [3.63, 3.8) is 0 Å². The van der Waals surface area contributed by atoms with Gasteiger partial charge in [-0.3, -0.25) is 0 Å². The molecule has 1 aromatic rings. The van der Waals surface area contributed by atoms with Gasteiger partial charge in [0, 0.05) is 16.2 Å². The van der Waals surface area contributed by atoms with Crippen LogP contribution in [0, 0.1) is 0 Å². The molecule has 1 atom stereocenters. The third kappa shape index (κ3) is 0.924. The van der Waals surface area contributed by atoms with E-state index in [-0.39, 0.29) is 0 Å². The number of rotatable bonds is 0. The number of aromatic nitrogens is 1.